The lowest BCUT2D eigenvalue weighted by molar-refractivity contribution is 0.0943. The van der Waals surface area contributed by atoms with Gasteiger partial charge in [-0.3, -0.25) is 4.79 Å². The van der Waals surface area contributed by atoms with Gasteiger partial charge < -0.3 is 15.8 Å². The second-order valence-electron chi connectivity index (χ2n) is 6.31. The first kappa shape index (κ1) is 13.7. The van der Waals surface area contributed by atoms with Crippen LogP contribution in [0.15, 0.2) is 18.2 Å². The standard InChI is InChI=1S/C15H22N2O2/c1-14(2)13(15(14,3)4)17-12(18)9-6-7-11(19-5)10(16)8-9/h6-8,13H,16H2,1-5H3,(H,17,18). The molecule has 2 rings (SSSR count). The summed E-state index contributed by atoms with van der Waals surface area (Å²) in [6.07, 6.45) is 0. The molecule has 4 nitrogen and oxygen atoms in total. The van der Waals surface area contributed by atoms with Crippen LogP contribution in [0.4, 0.5) is 5.69 Å². The molecule has 1 saturated carbocycles. The number of nitrogen functional groups attached to an aromatic ring is 1. The predicted octanol–water partition coefficient (Wildman–Crippen LogP) is 2.44. The summed E-state index contributed by atoms with van der Waals surface area (Å²) < 4.78 is 5.08. The van der Waals surface area contributed by atoms with E-state index in [1.54, 1.807) is 25.3 Å². The van der Waals surface area contributed by atoms with Gasteiger partial charge >= 0.3 is 0 Å². The Kier molecular flexibility index (Phi) is 3.00. The monoisotopic (exact) mass is 262 g/mol. The fourth-order valence-corrected chi connectivity index (χ4v) is 2.65. The van der Waals surface area contributed by atoms with Crippen molar-refractivity contribution in [2.45, 2.75) is 33.7 Å². The van der Waals surface area contributed by atoms with Crippen molar-refractivity contribution < 1.29 is 9.53 Å². The van der Waals surface area contributed by atoms with E-state index < -0.39 is 0 Å². The van der Waals surface area contributed by atoms with E-state index in [9.17, 15) is 4.79 Å². The Morgan fingerprint density at radius 2 is 1.84 bits per heavy atom. The third-order valence-electron chi connectivity index (χ3n) is 4.79. The number of carbonyl (C=O) groups is 1. The molecule has 4 heteroatoms. The smallest absolute Gasteiger partial charge is 0.251 e. The van der Waals surface area contributed by atoms with E-state index in [0.29, 0.717) is 17.0 Å². The van der Waals surface area contributed by atoms with Crippen molar-refractivity contribution in [2.24, 2.45) is 10.8 Å². The highest BCUT2D eigenvalue weighted by molar-refractivity contribution is 5.96. The van der Waals surface area contributed by atoms with E-state index in [-0.39, 0.29) is 22.8 Å². The lowest BCUT2D eigenvalue weighted by Crippen LogP contribution is -2.29. The summed E-state index contributed by atoms with van der Waals surface area (Å²) in [6.45, 7) is 8.67. The lowest BCUT2D eigenvalue weighted by Gasteiger charge is -2.09. The number of anilines is 1. The van der Waals surface area contributed by atoms with Gasteiger partial charge in [0.05, 0.1) is 12.8 Å². The Balaban J connectivity index is 2.12. The van der Waals surface area contributed by atoms with Crippen LogP contribution >= 0.6 is 0 Å². The van der Waals surface area contributed by atoms with Gasteiger partial charge in [-0.2, -0.15) is 0 Å². The molecule has 0 radical (unpaired) electrons. The van der Waals surface area contributed by atoms with Crippen LogP contribution in [0.1, 0.15) is 38.1 Å². The van der Waals surface area contributed by atoms with E-state index in [2.05, 4.69) is 33.0 Å². The van der Waals surface area contributed by atoms with Crippen molar-refractivity contribution in [3.8, 4) is 5.75 Å². The summed E-state index contributed by atoms with van der Waals surface area (Å²) in [5, 5.41) is 3.08. The van der Waals surface area contributed by atoms with E-state index in [1.165, 1.54) is 0 Å². The molecular formula is C15H22N2O2. The lowest BCUT2D eigenvalue weighted by atomic mass is 10.0. The Morgan fingerprint density at radius 1 is 1.26 bits per heavy atom. The van der Waals surface area contributed by atoms with Gasteiger partial charge in [0.25, 0.3) is 5.91 Å². The van der Waals surface area contributed by atoms with Crippen LogP contribution in [0.5, 0.6) is 5.75 Å². The number of nitrogens with one attached hydrogen (secondary N) is 1. The summed E-state index contributed by atoms with van der Waals surface area (Å²) in [6, 6.07) is 5.28. The Bertz CT molecular complexity index is 507. The highest BCUT2D eigenvalue weighted by Crippen LogP contribution is 2.62. The van der Waals surface area contributed by atoms with Crippen LogP contribution in [-0.4, -0.2) is 19.1 Å². The predicted molar refractivity (Wildman–Crippen MR) is 76.2 cm³/mol. The molecule has 104 valence electrons. The summed E-state index contributed by atoms with van der Waals surface area (Å²) in [5.74, 6) is 0.502. The minimum Gasteiger partial charge on any atom is -0.495 e. The molecule has 1 fully saturated rings. The maximum atomic E-state index is 12.2. The number of methoxy groups -OCH3 is 1. The maximum Gasteiger partial charge on any atom is 0.251 e. The first-order chi connectivity index (χ1) is 8.71. The number of hydrogen-bond acceptors (Lipinski definition) is 3. The molecule has 1 aliphatic rings. The SMILES string of the molecule is COc1ccc(C(=O)NC2C(C)(C)C2(C)C)cc1N. The van der Waals surface area contributed by atoms with Gasteiger partial charge in [-0.25, -0.2) is 0 Å². The fraction of sp³-hybridized carbons (Fsp3) is 0.533. The molecule has 0 heterocycles. The molecule has 0 aromatic heterocycles. The molecular weight excluding hydrogens is 240 g/mol. The summed E-state index contributed by atoms with van der Waals surface area (Å²) in [5.41, 5.74) is 7.11. The largest absolute Gasteiger partial charge is 0.495 e. The second-order valence-corrected chi connectivity index (χ2v) is 6.31. The molecule has 1 aromatic carbocycles. The van der Waals surface area contributed by atoms with Gasteiger partial charge in [0.15, 0.2) is 0 Å². The first-order valence-electron chi connectivity index (χ1n) is 6.46. The van der Waals surface area contributed by atoms with Crippen LogP contribution in [0.25, 0.3) is 0 Å². The van der Waals surface area contributed by atoms with Crippen molar-refractivity contribution in [1.82, 2.24) is 5.32 Å². The highest BCUT2D eigenvalue weighted by atomic mass is 16.5. The Labute approximate surface area is 114 Å². The van der Waals surface area contributed by atoms with E-state index >= 15 is 0 Å². The quantitative estimate of drug-likeness (QED) is 0.822. The van der Waals surface area contributed by atoms with Crippen LogP contribution in [0.3, 0.4) is 0 Å². The molecule has 0 saturated heterocycles. The first-order valence-corrected chi connectivity index (χ1v) is 6.46. The Hall–Kier alpha value is -1.71. The molecule has 0 spiro atoms. The van der Waals surface area contributed by atoms with Gasteiger partial charge in [-0.15, -0.1) is 0 Å². The van der Waals surface area contributed by atoms with E-state index in [0.717, 1.165) is 0 Å². The summed E-state index contributed by atoms with van der Waals surface area (Å²) in [4.78, 5) is 12.2. The van der Waals surface area contributed by atoms with E-state index in [4.69, 9.17) is 10.5 Å². The van der Waals surface area contributed by atoms with E-state index in [1.807, 2.05) is 0 Å². The van der Waals surface area contributed by atoms with Crippen LogP contribution in [-0.2, 0) is 0 Å². The highest BCUT2D eigenvalue weighted by Gasteiger charge is 2.65. The van der Waals surface area contributed by atoms with Crippen molar-refractivity contribution in [3.05, 3.63) is 23.8 Å². The van der Waals surface area contributed by atoms with Crippen molar-refractivity contribution >= 4 is 11.6 Å². The molecule has 0 atom stereocenters. The van der Waals surface area contributed by atoms with Gasteiger partial charge in [-0.1, -0.05) is 27.7 Å². The zero-order valence-electron chi connectivity index (χ0n) is 12.2. The van der Waals surface area contributed by atoms with Crippen molar-refractivity contribution in [2.75, 3.05) is 12.8 Å². The number of carbonyl (C=O) groups excluding carboxylic acids is 1. The maximum absolute atomic E-state index is 12.2. The number of nitrogens with two attached hydrogens (primary N) is 1. The average Bonchev–Trinajstić information content (AvgIpc) is 2.71. The van der Waals surface area contributed by atoms with Gasteiger partial charge in [-0.05, 0) is 29.0 Å². The van der Waals surface area contributed by atoms with Crippen molar-refractivity contribution in [3.63, 3.8) is 0 Å². The second kappa shape index (κ2) is 4.15. The molecule has 3 N–H and O–H groups in total. The topological polar surface area (TPSA) is 64.3 Å². The minimum absolute atomic E-state index is 0.0852. The number of amides is 1. The number of rotatable bonds is 3. The molecule has 1 amide bonds. The average molecular weight is 262 g/mol. The number of benzene rings is 1. The molecule has 1 aliphatic carbocycles. The molecule has 1 aromatic rings. The number of hydrogen-bond donors (Lipinski definition) is 2. The van der Waals surface area contributed by atoms with Crippen LogP contribution < -0.4 is 15.8 Å². The third-order valence-corrected chi connectivity index (χ3v) is 4.79. The third kappa shape index (κ3) is 2.05. The van der Waals surface area contributed by atoms with Gasteiger partial charge in [0.1, 0.15) is 5.75 Å². The van der Waals surface area contributed by atoms with Crippen LogP contribution in [0.2, 0.25) is 0 Å². The van der Waals surface area contributed by atoms with Crippen LogP contribution in [0, 0.1) is 10.8 Å². The molecule has 0 aliphatic heterocycles. The molecule has 19 heavy (non-hydrogen) atoms. The fourth-order valence-electron chi connectivity index (χ4n) is 2.65. The summed E-state index contributed by atoms with van der Waals surface area (Å²) in [7, 11) is 1.56. The zero-order chi connectivity index (χ0) is 14.4. The Morgan fingerprint density at radius 3 is 2.26 bits per heavy atom. The van der Waals surface area contributed by atoms with Gasteiger partial charge in [0.2, 0.25) is 0 Å². The minimum atomic E-state index is -0.0852. The number of ether oxygens (including phenoxy) is 1. The van der Waals surface area contributed by atoms with Gasteiger partial charge in [0, 0.05) is 11.6 Å². The summed E-state index contributed by atoms with van der Waals surface area (Å²) >= 11 is 0. The molecule has 0 unspecified atom stereocenters. The normalized spacial score (nSPS) is 19.8. The van der Waals surface area contributed by atoms with Crippen molar-refractivity contribution in [1.29, 1.82) is 0 Å². The zero-order valence-corrected chi connectivity index (χ0v) is 12.2. The molecule has 0 bridgehead atoms.